The van der Waals surface area contributed by atoms with Gasteiger partial charge in [-0.3, -0.25) is 0 Å². The lowest BCUT2D eigenvalue weighted by Crippen LogP contribution is -2.47. The summed E-state index contributed by atoms with van der Waals surface area (Å²) in [6.07, 6.45) is -3.45. The number of aromatic nitrogens is 1. The van der Waals surface area contributed by atoms with E-state index in [1.54, 1.807) is 0 Å². The monoisotopic (exact) mass is 250 g/mol. The summed E-state index contributed by atoms with van der Waals surface area (Å²) in [6, 6.07) is 0. The Labute approximate surface area is 95.7 Å². The molecule has 0 spiro atoms. The Bertz CT molecular complexity index is 397. The highest BCUT2D eigenvalue weighted by molar-refractivity contribution is 7.09. The molecule has 0 bridgehead atoms. The highest BCUT2D eigenvalue weighted by Crippen LogP contribution is 2.48. The van der Waals surface area contributed by atoms with Gasteiger partial charge in [0, 0.05) is 11.3 Å². The standard InChI is InChI=1S/C10H13F3N2S/c1-5-3-6(5)8-15-7(4-16-8)9(2,14)10(11,12)13/h4-6H,3,14H2,1-2H3. The molecule has 3 unspecified atom stereocenters. The number of nitrogens with zero attached hydrogens (tertiary/aromatic N) is 1. The number of hydrogen-bond acceptors (Lipinski definition) is 3. The van der Waals surface area contributed by atoms with Crippen molar-refractivity contribution in [2.24, 2.45) is 11.7 Å². The molecule has 1 saturated carbocycles. The van der Waals surface area contributed by atoms with Crippen molar-refractivity contribution in [3.63, 3.8) is 0 Å². The van der Waals surface area contributed by atoms with E-state index in [-0.39, 0.29) is 5.69 Å². The van der Waals surface area contributed by atoms with Gasteiger partial charge < -0.3 is 5.73 Å². The van der Waals surface area contributed by atoms with Crippen molar-refractivity contribution < 1.29 is 13.2 Å². The van der Waals surface area contributed by atoms with Gasteiger partial charge in [0.1, 0.15) is 0 Å². The Morgan fingerprint density at radius 1 is 1.50 bits per heavy atom. The predicted octanol–water partition coefficient (Wildman–Crippen LogP) is 3.00. The maximum absolute atomic E-state index is 12.7. The molecule has 2 N–H and O–H groups in total. The van der Waals surface area contributed by atoms with Crippen molar-refractivity contribution in [2.45, 2.75) is 37.9 Å². The number of rotatable bonds is 2. The van der Waals surface area contributed by atoms with Crippen molar-refractivity contribution >= 4 is 11.3 Å². The van der Waals surface area contributed by atoms with Gasteiger partial charge in [0.15, 0.2) is 5.54 Å². The summed E-state index contributed by atoms with van der Waals surface area (Å²) < 4.78 is 38.0. The fourth-order valence-corrected chi connectivity index (χ4v) is 2.69. The molecule has 1 fully saturated rings. The largest absolute Gasteiger partial charge is 0.411 e. The normalized spacial score (nSPS) is 28.9. The van der Waals surface area contributed by atoms with Crippen LogP contribution in [0, 0.1) is 5.92 Å². The fraction of sp³-hybridized carbons (Fsp3) is 0.700. The zero-order chi connectivity index (χ0) is 12.1. The van der Waals surface area contributed by atoms with Gasteiger partial charge in [0.05, 0.1) is 10.7 Å². The zero-order valence-electron chi connectivity index (χ0n) is 9.01. The lowest BCUT2D eigenvalue weighted by Gasteiger charge is -2.25. The molecule has 0 amide bonds. The van der Waals surface area contributed by atoms with Crippen LogP contribution >= 0.6 is 11.3 Å². The first-order valence-electron chi connectivity index (χ1n) is 5.05. The molecule has 1 heterocycles. The van der Waals surface area contributed by atoms with Crippen molar-refractivity contribution in [1.29, 1.82) is 0 Å². The Kier molecular flexibility index (Phi) is 2.54. The third-order valence-corrected chi connectivity index (χ3v) is 4.05. The Balaban J connectivity index is 2.25. The number of thiazole rings is 1. The average molecular weight is 250 g/mol. The second kappa shape index (κ2) is 3.43. The maximum atomic E-state index is 12.7. The van der Waals surface area contributed by atoms with E-state index in [2.05, 4.69) is 11.9 Å². The van der Waals surface area contributed by atoms with Crippen LogP contribution in [-0.4, -0.2) is 11.2 Å². The molecular formula is C10H13F3N2S. The van der Waals surface area contributed by atoms with Crippen molar-refractivity contribution in [3.8, 4) is 0 Å². The van der Waals surface area contributed by atoms with E-state index in [0.29, 0.717) is 11.8 Å². The average Bonchev–Trinajstić information content (AvgIpc) is 2.68. The molecule has 0 aliphatic heterocycles. The van der Waals surface area contributed by atoms with Gasteiger partial charge >= 0.3 is 6.18 Å². The Hall–Kier alpha value is -0.620. The van der Waals surface area contributed by atoms with E-state index in [0.717, 1.165) is 18.4 Å². The highest BCUT2D eigenvalue weighted by atomic mass is 32.1. The molecule has 1 aliphatic carbocycles. The molecule has 0 aromatic carbocycles. The summed E-state index contributed by atoms with van der Waals surface area (Å²) in [6.45, 7) is 3.03. The lowest BCUT2D eigenvalue weighted by molar-refractivity contribution is -0.185. The van der Waals surface area contributed by atoms with E-state index in [1.807, 2.05) is 0 Å². The predicted molar refractivity (Wildman–Crippen MR) is 56.2 cm³/mol. The molecule has 3 atom stereocenters. The highest BCUT2D eigenvalue weighted by Gasteiger charge is 2.51. The topological polar surface area (TPSA) is 38.9 Å². The Morgan fingerprint density at radius 3 is 2.50 bits per heavy atom. The smallest absolute Gasteiger partial charge is 0.313 e. The third kappa shape index (κ3) is 1.84. The number of nitrogens with two attached hydrogens (primary N) is 1. The molecule has 1 aromatic heterocycles. The second-order valence-corrected chi connectivity index (χ2v) is 5.48. The minimum atomic E-state index is -4.46. The van der Waals surface area contributed by atoms with Crippen LogP contribution in [0.4, 0.5) is 13.2 Å². The third-order valence-electron chi connectivity index (χ3n) is 3.07. The van der Waals surface area contributed by atoms with Gasteiger partial charge in [-0.05, 0) is 19.3 Å². The number of hydrogen-bond donors (Lipinski definition) is 1. The SMILES string of the molecule is CC1CC1c1nc(C(C)(N)C(F)(F)F)cs1. The van der Waals surface area contributed by atoms with Gasteiger partial charge in [0.25, 0.3) is 0 Å². The van der Waals surface area contributed by atoms with E-state index in [9.17, 15) is 13.2 Å². The quantitative estimate of drug-likeness (QED) is 0.876. The number of alkyl halides is 3. The molecule has 2 nitrogen and oxygen atoms in total. The van der Waals surface area contributed by atoms with E-state index >= 15 is 0 Å². The summed E-state index contributed by atoms with van der Waals surface area (Å²) in [4.78, 5) is 4.03. The summed E-state index contributed by atoms with van der Waals surface area (Å²) in [7, 11) is 0. The van der Waals surface area contributed by atoms with Crippen LogP contribution in [0.15, 0.2) is 5.38 Å². The minimum Gasteiger partial charge on any atom is -0.313 e. The Morgan fingerprint density at radius 2 is 2.06 bits per heavy atom. The fourth-order valence-electron chi connectivity index (χ4n) is 1.51. The van der Waals surface area contributed by atoms with Crippen molar-refractivity contribution in [3.05, 3.63) is 16.1 Å². The van der Waals surface area contributed by atoms with Gasteiger partial charge in [0.2, 0.25) is 0 Å². The molecule has 2 rings (SSSR count). The minimum absolute atomic E-state index is 0.0703. The van der Waals surface area contributed by atoms with Crippen LogP contribution in [0.5, 0.6) is 0 Å². The first-order chi connectivity index (χ1) is 7.23. The van der Waals surface area contributed by atoms with Gasteiger partial charge in [-0.1, -0.05) is 6.92 Å². The van der Waals surface area contributed by atoms with E-state index in [4.69, 9.17) is 5.73 Å². The molecule has 0 radical (unpaired) electrons. The second-order valence-electron chi connectivity index (χ2n) is 4.59. The summed E-state index contributed by atoms with van der Waals surface area (Å²) in [5.41, 5.74) is 2.89. The van der Waals surface area contributed by atoms with Crippen LogP contribution in [-0.2, 0) is 5.54 Å². The molecule has 0 saturated heterocycles. The van der Waals surface area contributed by atoms with Crippen LogP contribution < -0.4 is 5.73 Å². The van der Waals surface area contributed by atoms with E-state index in [1.165, 1.54) is 16.7 Å². The van der Waals surface area contributed by atoms with Crippen LogP contribution in [0.3, 0.4) is 0 Å². The van der Waals surface area contributed by atoms with Gasteiger partial charge in [-0.15, -0.1) is 11.3 Å². The summed E-state index contributed by atoms with van der Waals surface area (Å²) in [5.74, 6) is 0.872. The molecule has 1 aliphatic rings. The summed E-state index contributed by atoms with van der Waals surface area (Å²) in [5, 5.41) is 2.21. The van der Waals surface area contributed by atoms with E-state index < -0.39 is 11.7 Å². The van der Waals surface area contributed by atoms with Crippen LogP contribution in [0.25, 0.3) is 0 Å². The van der Waals surface area contributed by atoms with Gasteiger partial charge in [-0.25, -0.2) is 4.98 Å². The van der Waals surface area contributed by atoms with Crippen LogP contribution in [0.2, 0.25) is 0 Å². The first kappa shape index (κ1) is 11.9. The lowest BCUT2D eigenvalue weighted by atomic mass is 10.00. The molecule has 90 valence electrons. The molecule has 6 heteroatoms. The van der Waals surface area contributed by atoms with Gasteiger partial charge in [-0.2, -0.15) is 13.2 Å². The zero-order valence-corrected chi connectivity index (χ0v) is 9.82. The maximum Gasteiger partial charge on any atom is 0.411 e. The molecular weight excluding hydrogens is 237 g/mol. The molecule has 16 heavy (non-hydrogen) atoms. The first-order valence-corrected chi connectivity index (χ1v) is 5.93. The van der Waals surface area contributed by atoms with Crippen molar-refractivity contribution in [2.75, 3.05) is 0 Å². The number of halogens is 3. The van der Waals surface area contributed by atoms with Crippen molar-refractivity contribution in [1.82, 2.24) is 4.98 Å². The summed E-state index contributed by atoms with van der Waals surface area (Å²) >= 11 is 1.28. The van der Waals surface area contributed by atoms with Crippen LogP contribution in [0.1, 0.15) is 36.9 Å². The molecule has 1 aromatic rings.